The van der Waals surface area contributed by atoms with Gasteiger partial charge in [0.05, 0.1) is 0 Å². The van der Waals surface area contributed by atoms with Crippen LogP contribution in [0.25, 0.3) is 0 Å². The number of hydrogen-bond acceptors (Lipinski definition) is 5. The zero-order valence-electron chi connectivity index (χ0n) is 15.8. The number of carbonyl (C=O) groups excluding carboxylic acids is 2. The summed E-state index contributed by atoms with van der Waals surface area (Å²) in [4.78, 5) is 30.1. The fourth-order valence-corrected chi connectivity index (χ4v) is 4.30. The van der Waals surface area contributed by atoms with Gasteiger partial charge in [-0.05, 0) is 37.0 Å². The van der Waals surface area contributed by atoms with Crippen molar-refractivity contribution < 1.29 is 9.59 Å². The standard InChI is InChI=1S/C20H29N5O2/c26-19-6-11-25(20(27)22-19)18-3-1-2-17(14-18)24-9-4-16(5-10-24)15-23-12-7-21-8-13-23/h1-3,14,16,21H,4-13,15H2,(H,22,26,27). The Morgan fingerprint density at radius 2 is 1.70 bits per heavy atom. The molecule has 1 aromatic rings. The summed E-state index contributed by atoms with van der Waals surface area (Å²) in [6, 6.07) is 7.81. The molecule has 0 aromatic heterocycles. The van der Waals surface area contributed by atoms with E-state index in [0.717, 1.165) is 43.5 Å². The van der Waals surface area contributed by atoms with E-state index in [4.69, 9.17) is 0 Å². The third kappa shape index (κ3) is 4.42. The summed E-state index contributed by atoms with van der Waals surface area (Å²) in [6.07, 6.45) is 2.78. The van der Waals surface area contributed by atoms with Crippen LogP contribution < -0.4 is 20.4 Å². The minimum Gasteiger partial charge on any atom is -0.371 e. The molecule has 4 rings (SSSR count). The molecule has 7 heteroatoms. The third-order valence-electron chi connectivity index (χ3n) is 5.90. The zero-order chi connectivity index (χ0) is 18.6. The highest BCUT2D eigenvalue weighted by molar-refractivity contribution is 6.05. The van der Waals surface area contributed by atoms with E-state index in [-0.39, 0.29) is 11.9 Å². The molecular formula is C20H29N5O2. The molecule has 146 valence electrons. The largest absolute Gasteiger partial charge is 0.371 e. The number of nitrogens with zero attached hydrogens (tertiary/aromatic N) is 3. The van der Waals surface area contributed by atoms with Gasteiger partial charge < -0.3 is 15.1 Å². The summed E-state index contributed by atoms with van der Waals surface area (Å²) in [6.45, 7) is 8.35. The molecule has 0 atom stereocenters. The molecular weight excluding hydrogens is 342 g/mol. The van der Waals surface area contributed by atoms with Crippen molar-refractivity contribution in [2.45, 2.75) is 19.3 Å². The summed E-state index contributed by atoms with van der Waals surface area (Å²) in [5.74, 6) is 0.584. The molecule has 0 bridgehead atoms. The van der Waals surface area contributed by atoms with E-state index in [1.165, 1.54) is 32.5 Å². The average molecular weight is 371 g/mol. The number of nitrogens with one attached hydrogen (secondary N) is 2. The van der Waals surface area contributed by atoms with Gasteiger partial charge in [0.2, 0.25) is 5.91 Å². The quantitative estimate of drug-likeness (QED) is 0.834. The van der Waals surface area contributed by atoms with Crippen LogP contribution in [0, 0.1) is 5.92 Å². The number of carbonyl (C=O) groups is 2. The summed E-state index contributed by atoms with van der Waals surface area (Å²) < 4.78 is 0. The van der Waals surface area contributed by atoms with Gasteiger partial charge in [0.15, 0.2) is 0 Å². The first-order valence-corrected chi connectivity index (χ1v) is 10.1. The van der Waals surface area contributed by atoms with Gasteiger partial charge in [-0.25, -0.2) is 4.79 Å². The molecule has 3 aliphatic heterocycles. The van der Waals surface area contributed by atoms with Crippen molar-refractivity contribution in [3.8, 4) is 0 Å². The average Bonchev–Trinajstić information content (AvgIpc) is 2.69. The number of amides is 3. The van der Waals surface area contributed by atoms with Crippen LogP contribution in [0.5, 0.6) is 0 Å². The van der Waals surface area contributed by atoms with Gasteiger partial charge in [-0.2, -0.15) is 0 Å². The van der Waals surface area contributed by atoms with Gasteiger partial charge in [-0.3, -0.25) is 15.0 Å². The molecule has 3 fully saturated rings. The molecule has 0 aliphatic carbocycles. The van der Waals surface area contributed by atoms with Crippen molar-refractivity contribution in [1.82, 2.24) is 15.5 Å². The number of imide groups is 1. The Labute approximate surface area is 160 Å². The number of piperidine rings is 1. The van der Waals surface area contributed by atoms with E-state index in [0.29, 0.717) is 13.0 Å². The van der Waals surface area contributed by atoms with Gasteiger partial charge in [0.1, 0.15) is 0 Å². The van der Waals surface area contributed by atoms with E-state index < -0.39 is 0 Å². The van der Waals surface area contributed by atoms with Crippen LogP contribution in [0.2, 0.25) is 0 Å². The number of piperazine rings is 1. The lowest BCUT2D eigenvalue weighted by Gasteiger charge is -2.37. The Balaban J connectivity index is 1.34. The van der Waals surface area contributed by atoms with Crippen LogP contribution in [-0.2, 0) is 4.79 Å². The van der Waals surface area contributed by atoms with Crippen LogP contribution in [0.1, 0.15) is 19.3 Å². The summed E-state index contributed by atoms with van der Waals surface area (Å²) >= 11 is 0. The normalized spacial score (nSPS) is 22.8. The van der Waals surface area contributed by atoms with Crippen LogP contribution in [0.15, 0.2) is 24.3 Å². The molecule has 3 amide bonds. The van der Waals surface area contributed by atoms with E-state index in [2.05, 4.69) is 32.6 Å². The minimum atomic E-state index is -0.321. The molecule has 0 saturated carbocycles. The van der Waals surface area contributed by atoms with Crippen molar-refractivity contribution in [2.24, 2.45) is 5.92 Å². The van der Waals surface area contributed by atoms with Gasteiger partial charge in [0, 0.05) is 70.2 Å². The predicted molar refractivity (Wildman–Crippen MR) is 106 cm³/mol. The highest BCUT2D eigenvalue weighted by atomic mass is 16.2. The van der Waals surface area contributed by atoms with E-state index in [1.54, 1.807) is 4.90 Å². The zero-order valence-corrected chi connectivity index (χ0v) is 15.8. The van der Waals surface area contributed by atoms with Crippen LogP contribution >= 0.6 is 0 Å². The number of benzene rings is 1. The van der Waals surface area contributed by atoms with Gasteiger partial charge in [-0.1, -0.05) is 6.07 Å². The molecule has 0 unspecified atom stereocenters. The molecule has 0 radical (unpaired) electrons. The first-order chi connectivity index (χ1) is 13.2. The predicted octanol–water partition coefficient (Wildman–Crippen LogP) is 1.25. The highest BCUT2D eigenvalue weighted by Gasteiger charge is 2.26. The van der Waals surface area contributed by atoms with E-state index in [1.807, 2.05) is 12.1 Å². The fraction of sp³-hybridized carbons (Fsp3) is 0.600. The van der Waals surface area contributed by atoms with Crippen molar-refractivity contribution in [1.29, 1.82) is 0 Å². The molecule has 7 nitrogen and oxygen atoms in total. The van der Waals surface area contributed by atoms with Crippen LogP contribution in [0.3, 0.4) is 0 Å². The maximum atomic E-state index is 12.1. The molecule has 0 spiro atoms. The second-order valence-corrected chi connectivity index (χ2v) is 7.76. The molecule has 3 aliphatic rings. The second kappa shape index (κ2) is 8.27. The van der Waals surface area contributed by atoms with E-state index >= 15 is 0 Å². The van der Waals surface area contributed by atoms with Crippen molar-refractivity contribution >= 4 is 23.3 Å². The lowest BCUT2D eigenvalue weighted by molar-refractivity contribution is -0.120. The van der Waals surface area contributed by atoms with Gasteiger partial charge in [0.25, 0.3) is 0 Å². The Morgan fingerprint density at radius 3 is 2.44 bits per heavy atom. The molecule has 3 saturated heterocycles. The van der Waals surface area contributed by atoms with Gasteiger partial charge in [-0.15, -0.1) is 0 Å². The van der Waals surface area contributed by atoms with Gasteiger partial charge >= 0.3 is 6.03 Å². The Kier molecular flexibility index (Phi) is 5.59. The Hall–Kier alpha value is -2.12. The number of rotatable bonds is 4. The second-order valence-electron chi connectivity index (χ2n) is 7.76. The fourth-order valence-electron chi connectivity index (χ4n) is 4.30. The number of urea groups is 1. The topological polar surface area (TPSA) is 67.9 Å². The van der Waals surface area contributed by atoms with Crippen LogP contribution in [-0.4, -0.2) is 69.2 Å². The number of anilines is 2. The van der Waals surface area contributed by atoms with E-state index in [9.17, 15) is 9.59 Å². The van der Waals surface area contributed by atoms with Crippen molar-refractivity contribution in [2.75, 3.05) is 62.2 Å². The summed E-state index contributed by atoms with van der Waals surface area (Å²) in [5.41, 5.74) is 2.03. The third-order valence-corrected chi connectivity index (χ3v) is 5.90. The smallest absolute Gasteiger partial charge is 0.328 e. The SMILES string of the molecule is O=C1CCN(c2cccc(N3CCC(CN4CCNCC4)CC3)c2)C(=O)N1. The highest BCUT2D eigenvalue weighted by Crippen LogP contribution is 2.28. The molecule has 2 N–H and O–H groups in total. The minimum absolute atomic E-state index is 0.195. The molecule has 27 heavy (non-hydrogen) atoms. The Bertz CT molecular complexity index is 681. The Morgan fingerprint density at radius 1 is 0.963 bits per heavy atom. The van der Waals surface area contributed by atoms with Crippen molar-refractivity contribution in [3.05, 3.63) is 24.3 Å². The molecule has 3 heterocycles. The monoisotopic (exact) mass is 371 g/mol. The first kappa shape index (κ1) is 18.3. The molecule has 1 aromatic carbocycles. The summed E-state index contributed by atoms with van der Waals surface area (Å²) in [5, 5.41) is 5.81. The lowest BCUT2D eigenvalue weighted by Crippen LogP contribution is -2.49. The van der Waals surface area contributed by atoms with Crippen molar-refractivity contribution in [3.63, 3.8) is 0 Å². The maximum absolute atomic E-state index is 12.1. The first-order valence-electron chi connectivity index (χ1n) is 10.1. The summed E-state index contributed by atoms with van der Waals surface area (Å²) in [7, 11) is 0. The maximum Gasteiger partial charge on any atom is 0.328 e. The number of hydrogen-bond donors (Lipinski definition) is 2. The lowest BCUT2D eigenvalue weighted by atomic mass is 9.95. The van der Waals surface area contributed by atoms with Crippen LogP contribution in [0.4, 0.5) is 16.2 Å².